The zero-order valence-corrected chi connectivity index (χ0v) is 19.0. The molecule has 0 spiro atoms. The molecule has 0 unspecified atom stereocenters. The number of hydrogen-bond donors (Lipinski definition) is 1. The highest BCUT2D eigenvalue weighted by Gasteiger charge is 2.29. The van der Waals surface area contributed by atoms with E-state index in [2.05, 4.69) is 5.32 Å². The van der Waals surface area contributed by atoms with Crippen molar-refractivity contribution >= 4 is 39.1 Å². The van der Waals surface area contributed by atoms with Crippen LogP contribution in [0.3, 0.4) is 0 Å². The number of sulfonamides is 1. The van der Waals surface area contributed by atoms with Gasteiger partial charge in [0.25, 0.3) is 5.91 Å². The Balaban J connectivity index is 1.51. The van der Waals surface area contributed by atoms with E-state index in [1.807, 2.05) is 4.90 Å². The lowest BCUT2D eigenvalue weighted by Gasteiger charge is -2.33. The Kier molecular flexibility index (Phi) is 7.32. The molecule has 1 saturated heterocycles. The molecule has 2 aromatic carbocycles. The molecule has 0 radical (unpaired) electrons. The summed E-state index contributed by atoms with van der Waals surface area (Å²) in [5.74, 6) is -0.301. The second-order valence-corrected chi connectivity index (χ2v) is 9.83. The highest BCUT2D eigenvalue weighted by atomic mass is 35.5. The Bertz CT molecular complexity index is 1030. The predicted octanol–water partition coefficient (Wildman–Crippen LogP) is 1.99. The Morgan fingerprint density at radius 2 is 1.55 bits per heavy atom. The first-order valence-electron chi connectivity index (χ1n) is 9.76. The molecule has 2 aromatic rings. The summed E-state index contributed by atoms with van der Waals surface area (Å²) in [5.41, 5.74) is 1.14. The zero-order chi connectivity index (χ0) is 22.6. The first-order chi connectivity index (χ1) is 14.7. The fourth-order valence-electron chi connectivity index (χ4n) is 3.24. The van der Waals surface area contributed by atoms with Crippen molar-refractivity contribution in [3.63, 3.8) is 0 Å². The van der Waals surface area contributed by atoms with Crippen LogP contribution in [0.25, 0.3) is 0 Å². The van der Waals surface area contributed by atoms with Crippen LogP contribution < -0.4 is 5.32 Å². The molecule has 10 heteroatoms. The molecule has 0 bridgehead atoms. The average Bonchev–Trinajstić information content (AvgIpc) is 2.74. The van der Waals surface area contributed by atoms with Crippen molar-refractivity contribution in [2.45, 2.75) is 4.90 Å². The van der Waals surface area contributed by atoms with Crippen molar-refractivity contribution in [1.29, 1.82) is 0 Å². The summed E-state index contributed by atoms with van der Waals surface area (Å²) in [6.45, 7) is 1.68. The van der Waals surface area contributed by atoms with Gasteiger partial charge in [0, 0.05) is 56.5 Å². The standard InChI is InChI=1S/C21H25ClN4O4S/c1-24(2)21(28)16-3-7-18(8-4-16)23-20(27)15-25-11-13-26(14-12-25)31(29,30)19-9-5-17(22)6-10-19/h3-10H,11-15H2,1-2H3,(H,23,27). The SMILES string of the molecule is CN(C)C(=O)c1ccc(NC(=O)CN2CCN(S(=O)(=O)c3ccc(Cl)cc3)CC2)cc1. The van der Waals surface area contributed by atoms with Crippen LogP contribution in [0.4, 0.5) is 5.69 Å². The van der Waals surface area contributed by atoms with Gasteiger partial charge in [-0.3, -0.25) is 14.5 Å². The Morgan fingerprint density at radius 3 is 2.10 bits per heavy atom. The number of anilines is 1. The van der Waals surface area contributed by atoms with Crippen molar-refractivity contribution in [2.24, 2.45) is 0 Å². The maximum atomic E-state index is 12.7. The minimum Gasteiger partial charge on any atom is -0.345 e. The van der Waals surface area contributed by atoms with Gasteiger partial charge in [-0.05, 0) is 48.5 Å². The first kappa shape index (κ1) is 23.2. The molecule has 0 aromatic heterocycles. The summed E-state index contributed by atoms with van der Waals surface area (Å²) in [7, 11) is -0.222. The minimum atomic E-state index is -3.58. The smallest absolute Gasteiger partial charge is 0.253 e. The largest absolute Gasteiger partial charge is 0.345 e. The third-order valence-corrected chi connectivity index (χ3v) is 7.14. The number of halogens is 1. The normalized spacial score (nSPS) is 15.5. The number of carbonyl (C=O) groups excluding carboxylic acids is 2. The van der Waals surface area contributed by atoms with E-state index >= 15 is 0 Å². The number of nitrogens with one attached hydrogen (secondary N) is 1. The summed E-state index contributed by atoms with van der Waals surface area (Å²) < 4.78 is 26.9. The Labute approximate surface area is 187 Å². The van der Waals surface area contributed by atoms with Gasteiger partial charge in [-0.1, -0.05) is 11.6 Å². The van der Waals surface area contributed by atoms with Crippen molar-refractivity contribution in [3.05, 3.63) is 59.1 Å². The predicted molar refractivity (Wildman–Crippen MR) is 120 cm³/mol. The number of carbonyl (C=O) groups is 2. The molecule has 31 heavy (non-hydrogen) atoms. The molecule has 1 fully saturated rings. The molecule has 1 heterocycles. The lowest BCUT2D eigenvalue weighted by atomic mass is 10.2. The zero-order valence-electron chi connectivity index (χ0n) is 17.4. The third kappa shape index (κ3) is 5.82. The maximum Gasteiger partial charge on any atom is 0.253 e. The van der Waals surface area contributed by atoms with Crippen LogP contribution in [0.2, 0.25) is 5.02 Å². The molecule has 0 saturated carbocycles. The molecule has 1 aliphatic rings. The molecule has 1 aliphatic heterocycles. The number of rotatable bonds is 6. The van der Waals surface area contributed by atoms with Crippen molar-refractivity contribution < 1.29 is 18.0 Å². The van der Waals surface area contributed by atoms with Crippen LogP contribution in [0.1, 0.15) is 10.4 Å². The first-order valence-corrected chi connectivity index (χ1v) is 11.6. The van der Waals surface area contributed by atoms with E-state index in [0.29, 0.717) is 42.5 Å². The highest BCUT2D eigenvalue weighted by molar-refractivity contribution is 7.89. The van der Waals surface area contributed by atoms with Crippen LogP contribution in [0.5, 0.6) is 0 Å². The second kappa shape index (κ2) is 9.78. The summed E-state index contributed by atoms with van der Waals surface area (Å²) in [6, 6.07) is 12.8. The van der Waals surface area contributed by atoms with Gasteiger partial charge >= 0.3 is 0 Å². The van der Waals surface area contributed by atoms with E-state index in [-0.39, 0.29) is 23.3 Å². The van der Waals surface area contributed by atoms with Gasteiger partial charge in [0.1, 0.15) is 0 Å². The van der Waals surface area contributed by atoms with Gasteiger partial charge in [0.2, 0.25) is 15.9 Å². The molecule has 3 rings (SSSR count). The average molecular weight is 465 g/mol. The fraction of sp³-hybridized carbons (Fsp3) is 0.333. The summed E-state index contributed by atoms with van der Waals surface area (Å²) in [4.78, 5) is 27.9. The molecule has 8 nitrogen and oxygen atoms in total. The van der Waals surface area contributed by atoms with Gasteiger partial charge in [0.05, 0.1) is 11.4 Å². The van der Waals surface area contributed by atoms with E-state index < -0.39 is 10.0 Å². The molecule has 1 N–H and O–H groups in total. The van der Waals surface area contributed by atoms with Crippen molar-refractivity contribution in [2.75, 3.05) is 52.1 Å². The molecule has 0 aliphatic carbocycles. The minimum absolute atomic E-state index is 0.107. The van der Waals surface area contributed by atoms with Crippen LogP contribution in [-0.2, 0) is 14.8 Å². The van der Waals surface area contributed by atoms with Gasteiger partial charge in [-0.15, -0.1) is 0 Å². The number of benzene rings is 2. The monoisotopic (exact) mass is 464 g/mol. The van der Waals surface area contributed by atoms with Gasteiger partial charge in [0.15, 0.2) is 0 Å². The van der Waals surface area contributed by atoms with Gasteiger partial charge in [-0.25, -0.2) is 8.42 Å². The van der Waals surface area contributed by atoms with Gasteiger partial charge < -0.3 is 10.2 Å². The van der Waals surface area contributed by atoms with E-state index in [9.17, 15) is 18.0 Å². The lowest BCUT2D eigenvalue weighted by Crippen LogP contribution is -2.50. The highest BCUT2D eigenvalue weighted by Crippen LogP contribution is 2.20. The number of hydrogen-bond acceptors (Lipinski definition) is 5. The van der Waals surface area contributed by atoms with Crippen LogP contribution in [0.15, 0.2) is 53.4 Å². The van der Waals surface area contributed by atoms with Crippen molar-refractivity contribution in [3.8, 4) is 0 Å². The Morgan fingerprint density at radius 1 is 0.968 bits per heavy atom. The van der Waals surface area contributed by atoms with E-state index in [0.717, 1.165) is 0 Å². The number of piperazine rings is 1. The van der Waals surface area contributed by atoms with Crippen molar-refractivity contribution in [1.82, 2.24) is 14.1 Å². The van der Waals surface area contributed by atoms with Crippen LogP contribution in [0, 0.1) is 0 Å². The number of nitrogens with zero attached hydrogens (tertiary/aromatic N) is 3. The fourth-order valence-corrected chi connectivity index (χ4v) is 4.79. The Hall–Kier alpha value is -2.46. The topological polar surface area (TPSA) is 90.0 Å². The summed E-state index contributed by atoms with van der Waals surface area (Å²) >= 11 is 5.84. The quantitative estimate of drug-likeness (QED) is 0.706. The second-order valence-electron chi connectivity index (χ2n) is 7.46. The van der Waals surface area contributed by atoms with Crippen LogP contribution in [-0.4, -0.2) is 81.2 Å². The molecule has 0 atom stereocenters. The molecule has 166 valence electrons. The summed E-state index contributed by atoms with van der Waals surface area (Å²) in [5, 5.41) is 3.29. The van der Waals surface area contributed by atoms with E-state index in [1.54, 1.807) is 50.5 Å². The molecule has 2 amide bonds. The molecular weight excluding hydrogens is 440 g/mol. The summed E-state index contributed by atoms with van der Waals surface area (Å²) in [6.07, 6.45) is 0. The number of amides is 2. The third-order valence-electron chi connectivity index (χ3n) is 4.97. The lowest BCUT2D eigenvalue weighted by molar-refractivity contribution is -0.117. The van der Waals surface area contributed by atoms with E-state index in [4.69, 9.17) is 11.6 Å². The van der Waals surface area contributed by atoms with Gasteiger partial charge in [-0.2, -0.15) is 4.31 Å². The van der Waals surface area contributed by atoms with E-state index in [1.165, 1.54) is 21.3 Å². The van der Waals surface area contributed by atoms with Crippen LogP contribution >= 0.6 is 11.6 Å². The molecular formula is C21H25ClN4O4S. The maximum absolute atomic E-state index is 12.7.